The zero-order chi connectivity index (χ0) is 13.4. The van der Waals surface area contributed by atoms with Gasteiger partial charge in [0.15, 0.2) is 0 Å². The zero-order valence-corrected chi connectivity index (χ0v) is 10.8. The van der Waals surface area contributed by atoms with Crippen LogP contribution in [0.25, 0.3) is 16.9 Å². The van der Waals surface area contributed by atoms with Crippen LogP contribution in [-0.2, 0) is 0 Å². The first kappa shape index (κ1) is 11.6. The number of imidazole rings is 1. The van der Waals surface area contributed by atoms with E-state index in [9.17, 15) is 5.11 Å². The third kappa shape index (κ3) is 1.81. The van der Waals surface area contributed by atoms with Crippen LogP contribution in [0.15, 0.2) is 42.7 Å². The van der Waals surface area contributed by atoms with Gasteiger partial charge < -0.3 is 9.84 Å². The average Bonchev–Trinajstić information content (AvgIpc) is 2.88. The number of aromatic hydroxyl groups is 1. The van der Waals surface area contributed by atoms with Crippen molar-refractivity contribution in [2.75, 3.05) is 7.11 Å². The van der Waals surface area contributed by atoms with Crippen molar-refractivity contribution in [2.45, 2.75) is 6.92 Å². The highest BCUT2D eigenvalue weighted by molar-refractivity contribution is 5.73. The molecular formula is C15H14N2O2. The normalized spacial score (nSPS) is 10.8. The van der Waals surface area contributed by atoms with Crippen LogP contribution in [-0.4, -0.2) is 21.6 Å². The molecule has 3 rings (SSSR count). The topological polar surface area (TPSA) is 46.8 Å². The Labute approximate surface area is 110 Å². The lowest BCUT2D eigenvalue weighted by Gasteiger charge is -2.12. The van der Waals surface area contributed by atoms with Crippen molar-refractivity contribution in [1.82, 2.24) is 9.38 Å². The van der Waals surface area contributed by atoms with Gasteiger partial charge in [-0.25, -0.2) is 4.98 Å². The van der Waals surface area contributed by atoms with Gasteiger partial charge in [-0.05, 0) is 30.7 Å². The van der Waals surface area contributed by atoms with E-state index >= 15 is 0 Å². The summed E-state index contributed by atoms with van der Waals surface area (Å²) in [6.07, 6.45) is 3.64. The molecule has 0 aliphatic heterocycles. The predicted octanol–water partition coefficient (Wildman–Crippen LogP) is 3.02. The molecule has 96 valence electrons. The Balaban J connectivity index is 2.29. The second kappa shape index (κ2) is 4.31. The van der Waals surface area contributed by atoms with Gasteiger partial charge in [-0.1, -0.05) is 6.07 Å². The minimum atomic E-state index is 0.198. The quantitative estimate of drug-likeness (QED) is 0.764. The van der Waals surface area contributed by atoms with Crippen molar-refractivity contribution in [3.05, 3.63) is 48.3 Å². The van der Waals surface area contributed by atoms with Gasteiger partial charge in [-0.2, -0.15) is 0 Å². The van der Waals surface area contributed by atoms with E-state index in [1.807, 2.05) is 41.8 Å². The minimum absolute atomic E-state index is 0.198. The first-order valence-corrected chi connectivity index (χ1v) is 6.01. The van der Waals surface area contributed by atoms with E-state index in [2.05, 4.69) is 4.98 Å². The molecule has 0 atom stereocenters. The largest absolute Gasteiger partial charge is 0.507 e. The summed E-state index contributed by atoms with van der Waals surface area (Å²) < 4.78 is 7.08. The summed E-state index contributed by atoms with van der Waals surface area (Å²) in [6, 6.07) is 9.27. The zero-order valence-electron chi connectivity index (χ0n) is 10.8. The minimum Gasteiger partial charge on any atom is -0.507 e. The molecule has 4 nitrogen and oxygen atoms in total. The third-order valence-corrected chi connectivity index (χ3v) is 3.23. The van der Waals surface area contributed by atoms with Gasteiger partial charge in [0.2, 0.25) is 0 Å². The van der Waals surface area contributed by atoms with Crippen molar-refractivity contribution in [1.29, 1.82) is 0 Å². The number of phenols is 1. The van der Waals surface area contributed by atoms with Gasteiger partial charge in [-0.15, -0.1) is 0 Å². The highest BCUT2D eigenvalue weighted by Gasteiger charge is 2.12. The lowest BCUT2D eigenvalue weighted by Crippen LogP contribution is -1.95. The fourth-order valence-corrected chi connectivity index (χ4v) is 2.28. The van der Waals surface area contributed by atoms with E-state index in [4.69, 9.17) is 4.74 Å². The molecule has 1 aromatic carbocycles. The maximum Gasteiger partial charge on any atom is 0.137 e. The van der Waals surface area contributed by atoms with E-state index in [0.29, 0.717) is 5.75 Å². The molecule has 0 radical (unpaired) electrons. The molecule has 0 saturated carbocycles. The van der Waals surface area contributed by atoms with Crippen molar-refractivity contribution in [3.8, 4) is 22.8 Å². The van der Waals surface area contributed by atoms with Crippen molar-refractivity contribution in [3.63, 3.8) is 0 Å². The summed E-state index contributed by atoms with van der Waals surface area (Å²) in [5.74, 6) is 0.834. The molecule has 4 heteroatoms. The van der Waals surface area contributed by atoms with Crippen LogP contribution in [0.4, 0.5) is 0 Å². The Morgan fingerprint density at radius 1 is 1.21 bits per heavy atom. The standard InChI is InChI=1S/C15H14N2O2/c1-10-3-6-14-16-7-8-17(14)15(10)12-5-4-11(19-2)9-13(12)18/h3-9,18H,1-2H3. The molecule has 0 amide bonds. The van der Waals surface area contributed by atoms with Gasteiger partial charge in [0.05, 0.1) is 12.8 Å². The number of hydrogen-bond donors (Lipinski definition) is 1. The number of benzene rings is 1. The summed E-state index contributed by atoms with van der Waals surface area (Å²) in [6.45, 7) is 2.01. The van der Waals surface area contributed by atoms with Crippen LogP contribution in [0.5, 0.6) is 11.5 Å². The van der Waals surface area contributed by atoms with Crippen LogP contribution in [0.3, 0.4) is 0 Å². The maximum atomic E-state index is 10.2. The molecule has 0 fully saturated rings. The lowest BCUT2D eigenvalue weighted by molar-refractivity contribution is 0.408. The summed E-state index contributed by atoms with van der Waals surface area (Å²) >= 11 is 0. The molecule has 0 aliphatic carbocycles. The number of fused-ring (bicyclic) bond motifs is 1. The van der Waals surface area contributed by atoms with Crippen molar-refractivity contribution >= 4 is 5.65 Å². The third-order valence-electron chi connectivity index (χ3n) is 3.23. The number of aryl methyl sites for hydroxylation is 1. The SMILES string of the molecule is COc1ccc(-c2c(C)ccc3nccn23)c(O)c1. The first-order valence-electron chi connectivity index (χ1n) is 6.01. The predicted molar refractivity (Wildman–Crippen MR) is 73.6 cm³/mol. The number of hydrogen-bond acceptors (Lipinski definition) is 3. The van der Waals surface area contributed by atoms with E-state index in [1.165, 1.54) is 0 Å². The number of pyridine rings is 1. The molecule has 0 unspecified atom stereocenters. The molecule has 0 aliphatic rings. The van der Waals surface area contributed by atoms with Gasteiger partial charge in [0, 0.05) is 24.0 Å². The molecular weight excluding hydrogens is 240 g/mol. The van der Waals surface area contributed by atoms with E-state index in [0.717, 1.165) is 22.5 Å². The molecule has 0 bridgehead atoms. The van der Waals surface area contributed by atoms with Crippen LogP contribution in [0.2, 0.25) is 0 Å². The molecule has 19 heavy (non-hydrogen) atoms. The monoisotopic (exact) mass is 254 g/mol. The number of nitrogens with zero attached hydrogens (tertiary/aromatic N) is 2. The number of methoxy groups -OCH3 is 1. The van der Waals surface area contributed by atoms with Gasteiger partial charge in [0.25, 0.3) is 0 Å². The Hall–Kier alpha value is -2.49. The number of aromatic nitrogens is 2. The Kier molecular flexibility index (Phi) is 2.63. The molecule has 0 spiro atoms. The fraction of sp³-hybridized carbons (Fsp3) is 0.133. The van der Waals surface area contributed by atoms with E-state index in [-0.39, 0.29) is 5.75 Å². The van der Waals surface area contributed by atoms with Gasteiger partial charge in [-0.3, -0.25) is 4.40 Å². The molecule has 1 N–H and O–H groups in total. The molecule has 2 aromatic heterocycles. The highest BCUT2D eigenvalue weighted by Crippen LogP contribution is 2.34. The lowest BCUT2D eigenvalue weighted by atomic mass is 10.1. The second-order valence-corrected chi connectivity index (χ2v) is 4.40. The maximum absolute atomic E-state index is 10.2. The smallest absolute Gasteiger partial charge is 0.137 e. The van der Waals surface area contributed by atoms with Crippen molar-refractivity contribution in [2.24, 2.45) is 0 Å². The summed E-state index contributed by atoms with van der Waals surface area (Å²) in [5.41, 5.74) is 3.64. The van der Waals surface area contributed by atoms with Gasteiger partial charge in [0.1, 0.15) is 17.1 Å². The average molecular weight is 254 g/mol. The second-order valence-electron chi connectivity index (χ2n) is 4.40. The van der Waals surface area contributed by atoms with Crippen LogP contribution in [0.1, 0.15) is 5.56 Å². The number of rotatable bonds is 2. The summed E-state index contributed by atoms with van der Waals surface area (Å²) in [4.78, 5) is 4.27. The van der Waals surface area contributed by atoms with Crippen LogP contribution in [0, 0.1) is 6.92 Å². The van der Waals surface area contributed by atoms with Gasteiger partial charge >= 0.3 is 0 Å². The molecule has 3 aromatic rings. The molecule has 0 saturated heterocycles. The summed E-state index contributed by atoms with van der Waals surface area (Å²) in [7, 11) is 1.58. The Morgan fingerprint density at radius 3 is 2.79 bits per heavy atom. The number of ether oxygens (including phenoxy) is 1. The summed E-state index contributed by atoms with van der Waals surface area (Å²) in [5, 5.41) is 10.2. The van der Waals surface area contributed by atoms with E-state index in [1.54, 1.807) is 19.4 Å². The first-order chi connectivity index (χ1) is 9.20. The van der Waals surface area contributed by atoms with E-state index < -0.39 is 0 Å². The fourth-order valence-electron chi connectivity index (χ4n) is 2.28. The van der Waals surface area contributed by atoms with Crippen LogP contribution < -0.4 is 4.74 Å². The highest BCUT2D eigenvalue weighted by atomic mass is 16.5. The Bertz CT molecular complexity index is 747. The van der Waals surface area contributed by atoms with Crippen molar-refractivity contribution < 1.29 is 9.84 Å². The van der Waals surface area contributed by atoms with Crippen LogP contribution >= 0.6 is 0 Å². The Morgan fingerprint density at radius 2 is 2.05 bits per heavy atom. The number of phenolic OH excluding ortho intramolecular Hbond substituents is 1. The molecule has 2 heterocycles.